The molecule has 0 saturated carbocycles. The predicted octanol–water partition coefficient (Wildman–Crippen LogP) is 1.11. The molecule has 3 amide bonds. The molecule has 0 aromatic heterocycles. The van der Waals surface area contributed by atoms with Gasteiger partial charge in [-0.3, -0.25) is 9.69 Å². The Morgan fingerprint density at radius 2 is 2.06 bits per heavy atom. The third kappa shape index (κ3) is 2.72. The second kappa shape index (κ2) is 4.97. The Balaban J connectivity index is 2.65. The van der Waals surface area contributed by atoms with Gasteiger partial charge in [0.15, 0.2) is 0 Å². The Labute approximate surface area is 95.4 Å². The number of carbonyl (C=O) groups is 2. The van der Waals surface area contributed by atoms with Gasteiger partial charge in [-0.15, -0.1) is 0 Å². The first kappa shape index (κ1) is 12.5. The maximum atomic E-state index is 11.8. The number of rotatable bonds is 4. The Kier molecular flexibility index (Phi) is 3.88. The Morgan fingerprint density at radius 3 is 2.56 bits per heavy atom. The summed E-state index contributed by atoms with van der Waals surface area (Å²) in [6, 6.07) is 1.22. The lowest BCUT2D eigenvalue weighted by molar-refractivity contribution is -0.128. The van der Waals surface area contributed by atoms with Gasteiger partial charge in [-0.1, -0.05) is 13.8 Å². The smallest absolute Gasteiger partial charge is 0.324 e. The van der Waals surface area contributed by atoms with Crippen LogP contribution in [0.3, 0.4) is 0 Å². The molecule has 1 aliphatic rings. The molecule has 2 atom stereocenters. The summed E-state index contributed by atoms with van der Waals surface area (Å²) in [4.78, 5) is 24.5. The number of carbonyl (C=O) groups excluding carboxylic acids is 2. The quantitative estimate of drug-likeness (QED) is 0.725. The van der Waals surface area contributed by atoms with Gasteiger partial charge in [0.2, 0.25) is 0 Å². The summed E-state index contributed by atoms with van der Waals surface area (Å²) >= 11 is 0. The van der Waals surface area contributed by atoms with Crippen LogP contribution in [0, 0.1) is 23.2 Å². The molecule has 5 heteroatoms. The molecular weight excluding hydrogens is 206 g/mol. The van der Waals surface area contributed by atoms with Gasteiger partial charge >= 0.3 is 6.03 Å². The Bertz CT molecular complexity index is 333. The van der Waals surface area contributed by atoms with Crippen LogP contribution in [-0.2, 0) is 4.79 Å². The van der Waals surface area contributed by atoms with Crippen LogP contribution in [0.15, 0.2) is 0 Å². The van der Waals surface area contributed by atoms with Crippen molar-refractivity contribution >= 4 is 11.9 Å². The molecule has 0 aliphatic carbocycles. The van der Waals surface area contributed by atoms with E-state index in [0.29, 0.717) is 12.3 Å². The lowest BCUT2D eigenvalue weighted by Crippen LogP contribution is -2.35. The molecule has 1 N–H and O–H groups in total. The zero-order chi connectivity index (χ0) is 12.3. The number of nitrogens with one attached hydrogen (secondary N) is 1. The maximum Gasteiger partial charge on any atom is 0.324 e. The number of imide groups is 1. The number of amides is 3. The summed E-state index contributed by atoms with van der Waals surface area (Å²) < 4.78 is 0. The fourth-order valence-corrected chi connectivity index (χ4v) is 1.70. The Hall–Kier alpha value is -1.57. The number of nitriles is 1. The van der Waals surface area contributed by atoms with Crippen LogP contribution in [0.2, 0.25) is 0 Å². The van der Waals surface area contributed by atoms with Crippen LogP contribution in [0.4, 0.5) is 4.79 Å². The lowest BCUT2D eigenvalue weighted by Gasteiger charge is -2.14. The number of nitrogens with zero attached hydrogens (tertiary/aromatic N) is 2. The second-order valence-electron chi connectivity index (χ2n) is 4.61. The van der Waals surface area contributed by atoms with Gasteiger partial charge in [-0.2, -0.15) is 5.26 Å². The average Bonchev–Trinajstić information content (AvgIpc) is 2.45. The van der Waals surface area contributed by atoms with Gasteiger partial charge in [-0.25, -0.2) is 4.79 Å². The molecule has 88 valence electrons. The number of hydrogen-bond donors (Lipinski definition) is 1. The van der Waals surface area contributed by atoms with Crippen LogP contribution in [-0.4, -0.2) is 29.4 Å². The highest BCUT2D eigenvalue weighted by atomic mass is 16.2. The van der Waals surface area contributed by atoms with Gasteiger partial charge in [0.05, 0.1) is 12.0 Å². The SMILES string of the molecule is CC(C)CC1NC(=O)N(CC(C)C#N)C1=O. The van der Waals surface area contributed by atoms with Crippen molar-refractivity contribution < 1.29 is 9.59 Å². The average molecular weight is 223 g/mol. The molecule has 1 aliphatic heterocycles. The molecule has 5 nitrogen and oxygen atoms in total. The summed E-state index contributed by atoms with van der Waals surface area (Å²) in [5.74, 6) is -0.184. The predicted molar refractivity (Wildman–Crippen MR) is 58.3 cm³/mol. The van der Waals surface area contributed by atoms with E-state index in [1.54, 1.807) is 6.92 Å². The van der Waals surface area contributed by atoms with Crippen LogP contribution in [0.1, 0.15) is 27.2 Å². The van der Waals surface area contributed by atoms with Crippen molar-refractivity contribution in [3.8, 4) is 6.07 Å². The van der Waals surface area contributed by atoms with Crippen molar-refractivity contribution in [1.29, 1.82) is 5.26 Å². The largest absolute Gasteiger partial charge is 0.326 e. The molecule has 0 bridgehead atoms. The molecule has 1 rings (SSSR count). The summed E-state index contributed by atoms with van der Waals surface area (Å²) in [5, 5.41) is 11.3. The molecule has 0 radical (unpaired) electrons. The van der Waals surface area contributed by atoms with E-state index in [2.05, 4.69) is 5.32 Å². The van der Waals surface area contributed by atoms with Crippen molar-refractivity contribution in [3.05, 3.63) is 0 Å². The zero-order valence-corrected chi connectivity index (χ0v) is 9.86. The van der Waals surface area contributed by atoms with Gasteiger partial charge in [-0.05, 0) is 19.3 Å². The first-order chi connectivity index (χ1) is 7.45. The van der Waals surface area contributed by atoms with E-state index in [0.717, 1.165) is 4.90 Å². The lowest BCUT2D eigenvalue weighted by atomic mass is 10.0. The van der Waals surface area contributed by atoms with Crippen LogP contribution < -0.4 is 5.32 Å². The number of hydrogen-bond acceptors (Lipinski definition) is 3. The fraction of sp³-hybridized carbons (Fsp3) is 0.727. The van der Waals surface area contributed by atoms with Gasteiger partial charge in [0, 0.05) is 6.54 Å². The van der Waals surface area contributed by atoms with E-state index in [-0.39, 0.29) is 24.4 Å². The summed E-state index contributed by atoms with van der Waals surface area (Å²) in [7, 11) is 0. The fourth-order valence-electron chi connectivity index (χ4n) is 1.70. The van der Waals surface area contributed by atoms with Gasteiger partial charge < -0.3 is 5.32 Å². The summed E-state index contributed by atoms with van der Waals surface area (Å²) in [6.45, 7) is 5.87. The third-order valence-electron chi connectivity index (χ3n) is 2.49. The van der Waals surface area contributed by atoms with Crippen LogP contribution in [0.5, 0.6) is 0 Å². The van der Waals surface area contributed by atoms with Crippen molar-refractivity contribution in [2.45, 2.75) is 33.2 Å². The van der Waals surface area contributed by atoms with E-state index < -0.39 is 6.04 Å². The van der Waals surface area contributed by atoms with E-state index in [4.69, 9.17) is 5.26 Å². The third-order valence-corrected chi connectivity index (χ3v) is 2.49. The molecule has 0 aromatic carbocycles. The zero-order valence-electron chi connectivity index (χ0n) is 9.86. The van der Waals surface area contributed by atoms with Gasteiger partial charge in [0.25, 0.3) is 5.91 Å². The number of urea groups is 1. The molecule has 2 unspecified atom stereocenters. The first-order valence-electron chi connectivity index (χ1n) is 5.47. The first-order valence-corrected chi connectivity index (χ1v) is 5.47. The highest BCUT2D eigenvalue weighted by Gasteiger charge is 2.38. The van der Waals surface area contributed by atoms with E-state index in [1.807, 2.05) is 19.9 Å². The summed E-state index contributed by atoms with van der Waals surface area (Å²) in [6.07, 6.45) is 0.641. The topological polar surface area (TPSA) is 73.2 Å². The highest BCUT2D eigenvalue weighted by Crippen LogP contribution is 2.15. The highest BCUT2D eigenvalue weighted by molar-refractivity contribution is 6.04. The minimum absolute atomic E-state index is 0.176. The standard InChI is InChI=1S/C11H17N3O2/c1-7(2)4-9-10(15)14(11(16)13-9)6-8(3)5-12/h7-9H,4,6H2,1-3H3,(H,13,16). The molecule has 1 saturated heterocycles. The minimum Gasteiger partial charge on any atom is -0.326 e. The molecular formula is C11H17N3O2. The van der Waals surface area contributed by atoms with Crippen molar-refractivity contribution in [3.63, 3.8) is 0 Å². The second-order valence-corrected chi connectivity index (χ2v) is 4.61. The maximum absolute atomic E-state index is 11.8. The molecule has 0 spiro atoms. The van der Waals surface area contributed by atoms with Crippen molar-refractivity contribution in [2.24, 2.45) is 11.8 Å². The molecule has 0 aromatic rings. The molecule has 1 heterocycles. The summed E-state index contributed by atoms with van der Waals surface area (Å²) in [5.41, 5.74) is 0. The van der Waals surface area contributed by atoms with Gasteiger partial charge in [0.1, 0.15) is 6.04 Å². The minimum atomic E-state index is -0.418. The normalized spacial score (nSPS) is 22.2. The van der Waals surface area contributed by atoms with E-state index in [1.165, 1.54) is 0 Å². The molecule has 16 heavy (non-hydrogen) atoms. The van der Waals surface area contributed by atoms with E-state index >= 15 is 0 Å². The van der Waals surface area contributed by atoms with E-state index in [9.17, 15) is 9.59 Å². The monoisotopic (exact) mass is 223 g/mol. The van der Waals surface area contributed by atoms with Crippen molar-refractivity contribution in [1.82, 2.24) is 10.2 Å². The van der Waals surface area contributed by atoms with Crippen LogP contribution in [0.25, 0.3) is 0 Å². The molecule has 1 fully saturated rings. The van der Waals surface area contributed by atoms with Crippen molar-refractivity contribution in [2.75, 3.05) is 6.54 Å². The van der Waals surface area contributed by atoms with Crippen LogP contribution >= 0.6 is 0 Å². The Morgan fingerprint density at radius 1 is 1.44 bits per heavy atom.